The summed E-state index contributed by atoms with van der Waals surface area (Å²) >= 11 is 0. The molecular formula is C24H26N4O. The molecule has 0 aliphatic carbocycles. The van der Waals surface area contributed by atoms with Crippen molar-refractivity contribution in [2.45, 2.75) is 20.3 Å². The van der Waals surface area contributed by atoms with E-state index in [1.54, 1.807) is 7.05 Å². The van der Waals surface area contributed by atoms with Crippen LogP contribution < -0.4 is 16.4 Å². The van der Waals surface area contributed by atoms with Gasteiger partial charge in [-0.15, -0.1) is 0 Å². The smallest absolute Gasteiger partial charge is 0.251 e. The number of carbonyl (C=O) groups excluding carboxylic acids is 1. The maximum absolute atomic E-state index is 11.8. The molecule has 1 amide bonds. The van der Waals surface area contributed by atoms with E-state index in [4.69, 9.17) is 5.73 Å². The highest BCUT2D eigenvalue weighted by Crippen LogP contribution is 2.35. The van der Waals surface area contributed by atoms with Gasteiger partial charge in [-0.2, -0.15) is 0 Å². The summed E-state index contributed by atoms with van der Waals surface area (Å²) in [6.07, 6.45) is 7.14. The number of nitrogens with two attached hydrogens (primary N) is 1. The van der Waals surface area contributed by atoms with E-state index < -0.39 is 0 Å². The molecule has 0 fully saturated rings. The Hall–Kier alpha value is -3.47. The standard InChI is InChI=1S/C24H26N4O/c1-15-4-7-19-21(12-15)27-22-14-28(11-9-20(22)23(19)25)10-8-17-5-6-18(13-16(17)2)24(29)26-3/h4-7,9,11-14,27H,8,10,25H2,1-3H3,(H,26,29). The Morgan fingerprint density at radius 2 is 2.00 bits per heavy atom. The summed E-state index contributed by atoms with van der Waals surface area (Å²) in [5.74, 6) is -0.0563. The Morgan fingerprint density at radius 1 is 1.17 bits per heavy atom. The zero-order valence-corrected chi connectivity index (χ0v) is 17.0. The van der Waals surface area contributed by atoms with E-state index in [-0.39, 0.29) is 5.91 Å². The van der Waals surface area contributed by atoms with Gasteiger partial charge in [-0.05, 0) is 61.2 Å². The second-order valence-electron chi connectivity index (χ2n) is 7.57. The quantitative estimate of drug-likeness (QED) is 0.750. The topological polar surface area (TPSA) is 70.4 Å². The molecule has 2 aromatic rings. The van der Waals surface area contributed by atoms with Crippen LogP contribution in [0.25, 0.3) is 5.70 Å². The molecule has 4 N–H and O–H groups in total. The molecule has 0 aromatic heterocycles. The molecule has 2 aromatic carbocycles. The molecule has 0 spiro atoms. The van der Waals surface area contributed by atoms with Crippen molar-refractivity contribution in [1.29, 1.82) is 0 Å². The van der Waals surface area contributed by atoms with Gasteiger partial charge in [0.15, 0.2) is 0 Å². The Bertz CT molecular complexity index is 1080. The summed E-state index contributed by atoms with van der Waals surface area (Å²) in [4.78, 5) is 14.0. The lowest BCUT2D eigenvalue weighted by atomic mass is 9.96. The SMILES string of the molecule is CNC(=O)c1ccc(CCN2C=CC3=C(N)c4ccc(C)cc4NC3=C2)c(C)c1. The number of nitrogens with one attached hydrogen (secondary N) is 2. The van der Waals surface area contributed by atoms with Crippen molar-refractivity contribution in [2.24, 2.45) is 5.73 Å². The average molecular weight is 386 g/mol. The van der Waals surface area contributed by atoms with Gasteiger partial charge in [-0.25, -0.2) is 0 Å². The lowest BCUT2D eigenvalue weighted by Gasteiger charge is -2.29. The second kappa shape index (κ2) is 7.51. The summed E-state index contributed by atoms with van der Waals surface area (Å²) in [5.41, 5.74) is 15.7. The van der Waals surface area contributed by atoms with Crippen LogP contribution in [-0.4, -0.2) is 24.4 Å². The van der Waals surface area contributed by atoms with E-state index >= 15 is 0 Å². The van der Waals surface area contributed by atoms with E-state index in [1.165, 1.54) is 11.1 Å². The fourth-order valence-electron chi connectivity index (χ4n) is 3.81. The average Bonchev–Trinajstić information content (AvgIpc) is 2.72. The lowest BCUT2D eigenvalue weighted by Crippen LogP contribution is -2.24. The number of hydrogen-bond acceptors (Lipinski definition) is 4. The molecule has 148 valence electrons. The third kappa shape index (κ3) is 3.63. The van der Waals surface area contributed by atoms with Gasteiger partial charge in [-0.1, -0.05) is 18.2 Å². The van der Waals surface area contributed by atoms with Gasteiger partial charge in [0.25, 0.3) is 5.91 Å². The maximum Gasteiger partial charge on any atom is 0.251 e. The summed E-state index contributed by atoms with van der Waals surface area (Å²) in [6, 6.07) is 12.2. The predicted molar refractivity (Wildman–Crippen MR) is 118 cm³/mol. The largest absolute Gasteiger partial charge is 0.398 e. The van der Waals surface area contributed by atoms with Crippen molar-refractivity contribution in [3.63, 3.8) is 0 Å². The first kappa shape index (κ1) is 18.9. The first-order valence-corrected chi connectivity index (χ1v) is 9.82. The molecule has 2 heterocycles. The Morgan fingerprint density at radius 3 is 2.76 bits per heavy atom. The first-order valence-electron chi connectivity index (χ1n) is 9.82. The molecule has 29 heavy (non-hydrogen) atoms. The van der Waals surface area contributed by atoms with Crippen molar-refractivity contribution < 1.29 is 4.79 Å². The number of rotatable bonds is 4. The summed E-state index contributed by atoms with van der Waals surface area (Å²) in [6.45, 7) is 4.97. The molecule has 0 radical (unpaired) electrons. The fourth-order valence-corrected chi connectivity index (χ4v) is 3.81. The Labute approximate surface area is 171 Å². The van der Waals surface area contributed by atoms with Gasteiger partial charge in [0, 0.05) is 48.4 Å². The van der Waals surface area contributed by atoms with Gasteiger partial charge in [-0.3, -0.25) is 4.79 Å². The van der Waals surface area contributed by atoms with Gasteiger partial charge < -0.3 is 21.3 Å². The normalized spacial score (nSPS) is 14.7. The number of aryl methyl sites for hydroxylation is 2. The third-order valence-corrected chi connectivity index (χ3v) is 5.51. The van der Waals surface area contributed by atoms with E-state index in [1.807, 2.05) is 18.2 Å². The molecule has 0 atom stereocenters. The highest BCUT2D eigenvalue weighted by molar-refractivity contribution is 5.94. The molecule has 5 heteroatoms. The van der Waals surface area contributed by atoms with Crippen LogP contribution in [-0.2, 0) is 6.42 Å². The zero-order chi connectivity index (χ0) is 20.5. The van der Waals surface area contributed by atoms with Crippen molar-refractivity contribution in [2.75, 3.05) is 18.9 Å². The highest BCUT2D eigenvalue weighted by atomic mass is 16.1. The predicted octanol–water partition coefficient (Wildman–Crippen LogP) is 3.67. The third-order valence-electron chi connectivity index (χ3n) is 5.51. The summed E-state index contributed by atoms with van der Waals surface area (Å²) < 4.78 is 0. The number of anilines is 1. The second-order valence-corrected chi connectivity index (χ2v) is 7.57. The number of amides is 1. The molecule has 2 aliphatic rings. The van der Waals surface area contributed by atoms with Crippen molar-refractivity contribution in [1.82, 2.24) is 10.2 Å². The van der Waals surface area contributed by atoms with Crippen LogP contribution in [0, 0.1) is 13.8 Å². The van der Waals surface area contributed by atoms with Crippen LogP contribution in [0.5, 0.6) is 0 Å². The van der Waals surface area contributed by atoms with Crippen LogP contribution in [0.3, 0.4) is 0 Å². The van der Waals surface area contributed by atoms with Gasteiger partial charge >= 0.3 is 0 Å². The lowest BCUT2D eigenvalue weighted by molar-refractivity contribution is 0.0963. The van der Waals surface area contributed by atoms with Crippen LogP contribution in [0.15, 0.2) is 66.1 Å². The number of carbonyl (C=O) groups is 1. The van der Waals surface area contributed by atoms with E-state index in [0.717, 1.165) is 46.7 Å². The van der Waals surface area contributed by atoms with E-state index in [9.17, 15) is 4.79 Å². The summed E-state index contributed by atoms with van der Waals surface area (Å²) in [7, 11) is 1.65. The van der Waals surface area contributed by atoms with Gasteiger partial charge in [0.05, 0.1) is 11.4 Å². The molecule has 2 aliphatic heterocycles. The molecule has 4 rings (SSSR count). The fraction of sp³-hybridized carbons (Fsp3) is 0.208. The Kier molecular flexibility index (Phi) is 4.89. The molecule has 0 bridgehead atoms. The molecular weight excluding hydrogens is 360 g/mol. The monoisotopic (exact) mass is 386 g/mol. The van der Waals surface area contributed by atoms with Crippen LogP contribution in [0.2, 0.25) is 0 Å². The number of allylic oxidation sites excluding steroid dienone is 1. The number of benzene rings is 2. The highest BCUT2D eigenvalue weighted by Gasteiger charge is 2.22. The van der Waals surface area contributed by atoms with E-state index in [2.05, 4.69) is 66.1 Å². The van der Waals surface area contributed by atoms with Gasteiger partial charge in [0.1, 0.15) is 0 Å². The minimum atomic E-state index is -0.0563. The molecule has 5 nitrogen and oxygen atoms in total. The van der Waals surface area contributed by atoms with Crippen LogP contribution in [0.1, 0.15) is 32.6 Å². The van der Waals surface area contributed by atoms with Crippen molar-refractivity contribution >= 4 is 17.3 Å². The van der Waals surface area contributed by atoms with Crippen molar-refractivity contribution in [3.8, 4) is 0 Å². The molecule has 0 unspecified atom stereocenters. The molecule has 0 saturated heterocycles. The molecule has 0 saturated carbocycles. The number of hydrogen-bond donors (Lipinski definition) is 3. The van der Waals surface area contributed by atoms with Crippen molar-refractivity contribution in [3.05, 3.63) is 94.0 Å². The number of nitrogens with zero attached hydrogens (tertiary/aromatic N) is 1. The minimum absolute atomic E-state index is 0.0563. The minimum Gasteiger partial charge on any atom is -0.398 e. The summed E-state index contributed by atoms with van der Waals surface area (Å²) in [5, 5.41) is 6.19. The Balaban J connectivity index is 1.50. The van der Waals surface area contributed by atoms with Gasteiger partial charge in [0.2, 0.25) is 0 Å². The van der Waals surface area contributed by atoms with Crippen LogP contribution >= 0.6 is 0 Å². The zero-order valence-electron chi connectivity index (χ0n) is 17.0. The maximum atomic E-state index is 11.8. The van der Waals surface area contributed by atoms with Crippen LogP contribution in [0.4, 0.5) is 5.69 Å². The van der Waals surface area contributed by atoms with E-state index in [0.29, 0.717) is 5.56 Å². The number of fused-ring (bicyclic) bond motifs is 2. The first-order chi connectivity index (χ1) is 14.0.